The minimum Gasteiger partial charge on any atom is -0.389 e. The number of aliphatic hydroxyl groups excluding tert-OH is 1. The zero-order chi connectivity index (χ0) is 14.9. The third-order valence-corrected chi connectivity index (χ3v) is 3.12. The zero-order valence-electron chi connectivity index (χ0n) is 12.1. The van der Waals surface area contributed by atoms with E-state index in [-0.39, 0.29) is 6.10 Å². The Morgan fingerprint density at radius 1 is 1.19 bits per heavy atom. The summed E-state index contributed by atoms with van der Waals surface area (Å²) in [5.74, 6) is 0. The van der Waals surface area contributed by atoms with Crippen LogP contribution in [0.25, 0.3) is 0 Å². The molecule has 21 heavy (non-hydrogen) atoms. The number of rotatable bonds is 8. The molecule has 0 fully saturated rings. The second-order valence-corrected chi connectivity index (χ2v) is 4.89. The van der Waals surface area contributed by atoms with Crippen molar-refractivity contribution in [1.29, 1.82) is 0 Å². The number of nitrogens with zero attached hydrogens (tertiary/aromatic N) is 2. The summed E-state index contributed by atoms with van der Waals surface area (Å²) in [6, 6.07) is 13.7. The fourth-order valence-electron chi connectivity index (χ4n) is 1.93. The number of nitrogens with one attached hydrogen (secondary N) is 1. The minimum atomic E-state index is -0.548. The van der Waals surface area contributed by atoms with Crippen LogP contribution in [0.1, 0.15) is 24.3 Å². The van der Waals surface area contributed by atoms with Crippen LogP contribution in [0.15, 0.2) is 48.7 Å². The predicted octanol–water partition coefficient (Wildman–Crippen LogP) is 1.70. The van der Waals surface area contributed by atoms with Gasteiger partial charge in [-0.2, -0.15) is 10.2 Å². The van der Waals surface area contributed by atoms with E-state index in [9.17, 15) is 5.11 Å². The normalized spacial score (nSPS) is 13.8. The van der Waals surface area contributed by atoms with Gasteiger partial charge in [0, 0.05) is 19.3 Å². The van der Waals surface area contributed by atoms with E-state index in [1.54, 1.807) is 6.20 Å². The molecule has 1 heterocycles. The van der Waals surface area contributed by atoms with Crippen LogP contribution >= 0.6 is 0 Å². The molecule has 0 bridgehead atoms. The maximum Gasteiger partial charge on any atom is 0.0898 e. The summed E-state index contributed by atoms with van der Waals surface area (Å²) in [6.07, 6.45) is 1.06. The number of aliphatic hydroxyl groups is 1. The number of ether oxygens (including phenoxy) is 1. The third kappa shape index (κ3) is 5.59. The minimum absolute atomic E-state index is 0.0270. The van der Waals surface area contributed by atoms with Gasteiger partial charge in [0.1, 0.15) is 0 Å². The molecule has 0 aliphatic heterocycles. The fraction of sp³-hybridized carbons (Fsp3) is 0.375. The molecule has 0 amide bonds. The van der Waals surface area contributed by atoms with Crippen molar-refractivity contribution in [2.75, 3.05) is 13.2 Å². The smallest absolute Gasteiger partial charge is 0.0898 e. The molecular weight excluding hydrogens is 266 g/mol. The molecule has 1 aromatic carbocycles. The van der Waals surface area contributed by atoms with Crippen LogP contribution in [-0.4, -0.2) is 34.6 Å². The zero-order valence-corrected chi connectivity index (χ0v) is 12.1. The second-order valence-electron chi connectivity index (χ2n) is 4.89. The van der Waals surface area contributed by atoms with E-state index in [1.807, 2.05) is 49.4 Å². The standard InChI is InChI=1S/C16H21N3O2/c1-13(14-6-3-2-4-7-14)21-12-16(20)11-17-10-15-8-5-9-18-19-15/h2-9,13,16-17,20H,10-12H2,1H3. The monoisotopic (exact) mass is 287 g/mol. The first-order valence-corrected chi connectivity index (χ1v) is 7.07. The lowest BCUT2D eigenvalue weighted by molar-refractivity contribution is -0.00214. The van der Waals surface area contributed by atoms with Gasteiger partial charge in [0.25, 0.3) is 0 Å². The molecule has 2 N–H and O–H groups in total. The Morgan fingerprint density at radius 2 is 2.00 bits per heavy atom. The molecule has 0 saturated carbocycles. The second kappa shape index (κ2) is 8.46. The maximum atomic E-state index is 9.90. The average Bonchev–Trinajstić information content (AvgIpc) is 2.54. The van der Waals surface area contributed by atoms with E-state index in [4.69, 9.17) is 4.74 Å². The van der Waals surface area contributed by atoms with Gasteiger partial charge < -0.3 is 15.2 Å². The van der Waals surface area contributed by atoms with E-state index in [0.717, 1.165) is 11.3 Å². The lowest BCUT2D eigenvalue weighted by Gasteiger charge is -2.17. The summed E-state index contributed by atoms with van der Waals surface area (Å²) in [6.45, 7) is 3.32. The fourth-order valence-corrected chi connectivity index (χ4v) is 1.93. The van der Waals surface area contributed by atoms with Crippen molar-refractivity contribution in [3.63, 3.8) is 0 Å². The molecule has 2 atom stereocenters. The summed E-state index contributed by atoms with van der Waals surface area (Å²) in [4.78, 5) is 0. The van der Waals surface area contributed by atoms with E-state index in [0.29, 0.717) is 19.7 Å². The van der Waals surface area contributed by atoms with Crippen LogP contribution in [-0.2, 0) is 11.3 Å². The molecule has 0 aliphatic rings. The Labute approximate surface area is 125 Å². The van der Waals surface area contributed by atoms with Gasteiger partial charge in [-0.15, -0.1) is 0 Å². The Kier molecular flexibility index (Phi) is 6.27. The van der Waals surface area contributed by atoms with Gasteiger partial charge >= 0.3 is 0 Å². The van der Waals surface area contributed by atoms with Crippen LogP contribution in [0, 0.1) is 0 Å². The van der Waals surface area contributed by atoms with Crippen LogP contribution < -0.4 is 5.32 Å². The van der Waals surface area contributed by atoms with E-state index < -0.39 is 6.10 Å². The van der Waals surface area contributed by atoms with Gasteiger partial charge in [-0.25, -0.2) is 0 Å². The van der Waals surface area contributed by atoms with Crippen molar-refractivity contribution in [2.45, 2.75) is 25.7 Å². The molecule has 112 valence electrons. The van der Waals surface area contributed by atoms with Gasteiger partial charge in [0.05, 0.1) is 24.5 Å². The molecule has 2 rings (SSSR count). The predicted molar refractivity (Wildman–Crippen MR) is 80.6 cm³/mol. The number of hydrogen-bond donors (Lipinski definition) is 2. The Bertz CT molecular complexity index is 507. The average molecular weight is 287 g/mol. The molecule has 5 heteroatoms. The van der Waals surface area contributed by atoms with Gasteiger partial charge in [0.15, 0.2) is 0 Å². The van der Waals surface area contributed by atoms with Crippen molar-refractivity contribution >= 4 is 0 Å². The van der Waals surface area contributed by atoms with Gasteiger partial charge in [-0.1, -0.05) is 30.3 Å². The Balaban J connectivity index is 1.64. The molecule has 2 unspecified atom stereocenters. The van der Waals surface area contributed by atoms with E-state index in [2.05, 4.69) is 15.5 Å². The highest BCUT2D eigenvalue weighted by Gasteiger charge is 2.09. The van der Waals surface area contributed by atoms with Gasteiger partial charge in [-0.05, 0) is 24.6 Å². The van der Waals surface area contributed by atoms with Crippen molar-refractivity contribution in [1.82, 2.24) is 15.5 Å². The highest BCUT2D eigenvalue weighted by molar-refractivity contribution is 5.16. The van der Waals surface area contributed by atoms with E-state index >= 15 is 0 Å². The molecule has 0 saturated heterocycles. The molecule has 1 aromatic heterocycles. The van der Waals surface area contributed by atoms with Gasteiger partial charge in [0.2, 0.25) is 0 Å². The Hall–Kier alpha value is -1.82. The van der Waals surface area contributed by atoms with Gasteiger partial charge in [-0.3, -0.25) is 0 Å². The first-order valence-electron chi connectivity index (χ1n) is 7.07. The number of hydrogen-bond acceptors (Lipinski definition) is 5. The molecule has 2 aromatic rings. The Morgan fingerprint density at radius 3 is 2.71 bits per heavy atom. The van der Waals surface area contributed by atoms with Crippen molar-refractivity contribution in [2.24, 2.45) is 0 Å². The number of aromatic nitrogens is 2. The summed E-state index contributed by atoms with van der Waals surface area (Å²) in [7, 11) is 0. The van der Waals surface area contributed by atoms with Crippen LogP contribution in [0.5, 0.6) is 0 Å². The summed E-state index contributed by atoms with van der Waals surface area (Å²) >= 11 is 0. The lowest BCUT2D eigenvalue weighted by atomic mass is 10.1. The quantitative estimate of drug-likeness (QED) is 0.773. The summed E-state index contributed by atoms with van der Waals surface area (Å²) in [5.41, 5.74) is 1.96. The van der Waals surface area contributed by atoms with E-state index in [1.165, 1.54) is 0 Å². The molecule has 0 radical (unpaired) electrons. The molecule has 0 spiro atoms. The van der Waals surface area contributed by atoms with Crippen molar-refractivity contribution in [3.05, 3.63) is 59.9 Å². The number of benzene rings is 1. The topological polar surface area (TPSA) is 67.3 Å². The van der Waals surface area contributed by atoms with Crippen LogP contribution in [0.2, 0.25) is 0 Å². The SMILES string of the molecule is CC(OCC(O)CNCc1cccnn1)c1ccccc1. The molecule has 5 nitrogen and oxygen atoms in total. The molecule has 0 aliphatic carbocycles. The highest BCUT2D eigenvalue weighted by atomic mass is 16.5. The maximum absolute atomic E-state index is 9.90. The largest absolute Gasteiger partial charge is 0.389 e. The van der Waals surface area contributed by atoms with Crippen LogP contribution in [0.4, 0.5) is 0 Å². The first kappa shape index (κ1) is 15.6. The van der Waals surface area contributed by atoms with Crippen molar-refractivity contribution < 1.29 is 9.84 Å². The van der Waals surface area contributed by atoms with Crippen LogP contribution in [0.3, 0.4) is 0 Å². The first-order chi connectivity index (χ1) is 10.3. The third-order valence-electron chi connectivity index (χ3n) is 3.12. The summed E-state index contributed by atoms with van der Waals surface area (Å²) in [5, 5.41) is 20.8. The lowest BCUT2D eigenvalue weighted by Crippen LogP contribution is -2.30. The highest BCUT2D eigenvalue weighted by Crippen LogP contribution is 2.15. The van der Waals surface area contributed by atoms with Crippen molar-refractivity contribution in [3.8, 4) is 0 Å². The molecular formula is C16H21N3O2. The summed E-state index contributed by atoms with van der Waals surface area (Å²) < 4.78 is 5.67.